The standard InChI is InChI=1S/C10H20N2O2S/c1-14-6-8(11)9(13)12-7-10(15-2)4-3-5-10/h8H,3-7,11H2,1-2H3,(H,12,13). The zero-order chi connectivity index (χ0) is 11.3. The third kappa shape index (κ3) is 3.36. The molecule has 0 aliphatic heterocycles. The van der Waals surface area contributed by atoms with E-state index in [1.807, 2.05) is 11.8 Å². The highest BCUT2D eigenvalue weighted by Crippen LogP contribution is 2.42. The minimum Gasteiger partial charge on any atom is -0.383 e. The van der Waals surface area contributed by atoms with Crippen LogP contribution in [-0.2, 0) is 9.53 Å². The molecule has 0 radical (unpaired) electrons. The van der Waals surface area contributed by atoms with Crippen LogP contribution in [0, 0.1) is 0 Å². The van der Waals surface area contributed by atoms with Crippen molar-refractivity contribution in [3.63, 3.8) is 0 Å². The van der Waals surface area contributed by atoms with Crippen molar-refractivity contribution in [1.82, 2.24) is 5.32 Å². The van der Waals surface area contributed by atoms with Crippen LogP contribution in [0.2, 0.25) is 0 Å². The second-order valence-electron chi connectivity index (χ2n) is 4.02. The predicted octanol–water partition coefficient (Wildman–Crippen LogP) is 0.362. The lowest BCUT2D eigenvalue weighted by molar-refractivity contribution is -0.123. The van der Waals surface area contributed by atoms with Crippen LogP contribution in [0.4, 0.5) is 0 Å². The van der Waals surface area contributed by atoms with E-state index in [0.29, 0.717) is 0 Å². The maximum absolute atomic E-state index is 11.5. The van der Waals surface area contributed by atoms with Gasteiger partial charge in [-0.1, -0.05) is 6.42 Å². The number of methoxy groups -OCH3 is 1. The van der Waals surface area contributed by atoms with Crippen LogP contribution in [-0.4, -0.2) is 43.2 Å². The van der Waals surface area contributed by atoms with Crippen LogP contribution in [0.15, 0.2) is 0 Å². The number of nitrogens with two attached hydrogens (primary N) is 1. The van der Waals surface area contributed by atoms with E-state index in [-0.39, 0.29) is 17.3 Å². The molecule has 5 heteroatoms. The zero-order valence-corrected chi connectivity index (χ0v) is 10.2. The van der Waals surface area contributed by atoms with E-state index in [1.165, 1.54) is 19.3 Å². The van der Waals surface area contributed by atoms with Crippen molar-refractivity contribution in [2.75, 3.05) is 26.5 Å². The van der Waals surface area contributed by atoms with Gasteiger partial charge in [0.1, 0.15) is 6.04 Å². The van der Waals surface area contributed by atoms with Crippen LogP contribution >= 0.6 is 11.8 Å². The van der Waals surface area contributed by atoms with Gasteiger partial charge in [-0.05, 0) is 19.1 Å². The molecule has 1 amide bonds. The van der Waals surface area contributed by atoms with Gasteiger partial charge in [0.15, 0.2) is 0 Å². The molecule has 1 atom stereocenters. The Hall–Kier alpha value is -0.260. The number of hydrogen-bond acceptors (Lipinski definition) is 4. The summed E-state index contributed by atoms with van der Waals surface area (Å²) >= 11 is 1.84. The van der Waals surface area contributed by atoms with Gasteiger partial charge in [0.2, 0.25) is 5.91 Å². The summed E-state index contributed by atoms with van der Waals surface area (Å²) < 4.78 is 5.10. The highest BCUT2D eigenvalue weighted by atomic mass is 32.2. The van der Waals surface area contributed by atoms with Crippen molar-refractivity contribution in [2.24, 2.45) is 5.73 Å². The van der Waals surface area contributed by atoms with Crippen molar-refractivity contribution in [3.8, 4) is 0 Å². The number of rotatable bonds is 6. The van der Waals surface area contributed by atoms with Gasteiger partial charge in [-0.2, -0.15) is 11.8 Å². The molecule has 0 aromatic carbocycles. The quantitative estimate of drug-likeness (QED) is 0.694. The molecular formula is C10H20N2O2S. The molecule has 15 heavy (non-hydrogen) atoms. The molecule has 4 nitrogen and oxygen atoms in total. The number of ether oxygens (including phenoxy) is 1. The lowest BCUT2D eigenvalue weighted by Gasteiger charge is -2.40. The molecule has 3 N–H and O–H groups in total. The first kappa shape index (κ1) is 12.8. The Bertz CT molecular complexity index is 214. The minimum atomic E-state index is -0.547. The molecule has 0 heterocycles. The van der Waals surface area contributed by atoms with Crippen molar-refractivity contribution < 1.29 is 9.53 Å². The molecule has 0 aromatic heterocycles. The summed E-state index contributed by atoms with van der Waals surface area (Å²) in [5.74, 6) is -0.114. The second-order valence-corrected chi connectivity index (χ2v) is 5.29. The predicted molar refractivity (Wildman–Crippen MR) is 63.0 cm³/mol. The third-order valence-electron chi connectivity index (χ3n) is 2.97. The Morgan fingerprint density at radius 1 is 1.67 bits per heavy atom. The average Bonchev–Trinajstić information content (AvgIpc) is 2.17. The summed E-state index contributed by atoms with van der Waals surface area (Å²) in [5, 5.41) is 2.90. The van der Waals surface area contributed by atoms with Crippen molar-refractivity contribution >= 4 is 17.7 Å². The summed E-state index contributed by atoms with van der Waals surface area (Å²) in [6.45, 7) is 1.00. The highest BCUT2D eigenvalue weighted by molar-refractivity contribution is 8.00. The summed E-state index contributed by atoms with van der Waals surface area (Å²) in [6, 6.07) is -0.547. The van der Waals surface area contributed by atoms with E-state index in [2.05, 4.69) is 11.6 Å². The Balaban J connectivity index is 2.26. The molecule has 1 fully saturated rings. The first-order valence-corrected chi connectivity index (χ1v) is 6.43. The monoisotopic (exact) mass is 232 g/mol. The van der Waals surface area contributed by atoms with E-state index >= 15 is 0 Å². The molecule has 0 saturated heterocycles. The lowest BCUT2D eigenvalue weighted by atomic mass is 9.84. The summed E-state index contributed by atoms with van der Waals surface area (Å²) in [6.07, 6.45) is 5.74. The van der Waals surface area contributed by atoms with Gasteiger partial charge in [-0.25, -0.2) is 0 Å². The van der Waals surface area contributed by atoms with Crippen LogP contribution in [0.25, 0.3) is 0 Å². The fourth-order valence-corrected chi connectivity index (χ4v) is 2.57. The first-order chi connectivity index (χ1) is 7.13. The van der Waals surface area contributed by atoms with Gasteiger partial charge in [0.25, 0.3) is 0 Å². The van der Waals surface area contributed by atoms with Crippen LogP contribution in [0.5, 0.6) is 0 Å². The van der Waals surface area contributed by atoms with Crippen molar-refractivity contribution in [3.05, 3.63) is 0 Å². The number of carbonyl (C=O) groups excluding carboxylic acids is 1. The lowest BCUT2D eigenvalue weighted by Crippen LogP contribution is -2.50. The van der Waals surface area contributed by atoms with E-state index in [0.717, 1.165) is 6.54 Å². The first-order valence-electron chi connectivity index (χ1n) is 5.21. The maximum atomic E-state index is 11.5. The number of hydrogen-bond donors (Lipinski definition) is 2. The fourth-order valence-electron chi connectivity index (χ4n) is 1.66. The fraction of sp³-hybridized carbons (Fsp3) is 0.900. The van der Waals surface area contributed by atoms with Gasteiger partial charge in [-0.15, -0.1) is 0 Å². The van der Waals surface area contributed by atoms with Crippen molar-refractivity contribution in [2.45, 2.75) is 30.1 Å². The van der Waals surface area contributed by atoms with Gasteiger partial charge in [0.05, 0.1) is 6.61 Å². The second kappa shape index (κ2) is 5.72. The SMILES string of the molecule is COCC(N)C(=O)NCC1(SC)CCC1. The average molecular weight is 232 g/mol. The van der Waals surface area contributed by atoms with Crippen LogP contribution < -0.4 is 11.1 Å². The van der Waals surface area contributed by atoms with E-state index < -0.39 is 6.04 Å². The Labute approximate surface area is 95.3 Å². The molecule has 1 aliphatic rings. The van der Waals surface area contributed by atoms with E-state index in [4.69, 9.17) is 10.5 Å². The van der Waals surface area contributed by atoms with Gasteiger partial charge in [-0.3, -0.25) is 4.79 Å². The summed E-state index contributed by atoms with van der Waals surface area (Å²) in [7, 11) is 1.54. The molecule has 0 spiro atoms. The highest BCUT2D eigenvalue weighted by Gasteiger charge is 2.36. The summed E-state index contributed by atoms with van der Waals surface area (Å²) in [5.41, 5.74) is 5.61. The molecule has 0 bridgehead atoms. The third-order valence-corrected chi connectivity index (χ3v) is 4.38. The molecular weight excluding hydrogens is 212 g/mol. The maximum Gasteiger partial charge on any atom is 0.239 e. The van der Waals surface area contributed by atoms with E-state index in [9.17, 15) is 4.79 Å². The Morgan fingerprint density at radius 3 is 2.73 bits per heavy atom. The van der Waals surface area contributed by atoms with Crippen molar-refractivity contribution in [1.29, 1.82) is 0 Å². The molecule has 1 rings (SSSR count). The number of nitrogens with one attached hydrogen (secondary N) is 1. The molecule has 1 saturated carbocycles. The van der Waals surface area contributed by atoms with Gasteiger partial charge < -0.3 is 15.8 Å². The molecule has 88 valence electrons. The van der Waals surface area contributed by atoms with Crippen LogP contribution in [0.3, 0.4) is 0 Å². The Kier molecular flexibility index (Phi) is 4.89. The molecule has 1 unspecified atom stereocenters. The van der Waals surface area contributed by atoms with E-state index in [1.54, 1.807) is 7.11 Å². The number of carbonyl (C=O) groups is 1. The molecule has 1 aliphatic carbocycles. The van der Waals surface area contributed by atoms with Gasteiger partial charge >= 0.3 is 0 Å². The zero-order valence-electron chi connectivity index (χ0n) is 9.41. The summed E-state index contributed by atoms with van der Waals surface area (Å²) in [4.78, 5) is 11.5. The largest absolute Gasteiger partial charge is 0.383 e. The molecule has 0 aromatic rings. The smallest absolute Gasteiger partial charge is 0.239 e. The normalized spacial score (nSPS) is 20.5. The topological polar surface area (TPSA) is 64.3 Å². The number of amides is 1. The van der Waals surface area contributed by atoms with Crippen LogP contribution in [0.1, 0.15) is 19.3 Å². The number of thioether (sulfide) groups is 1. The Morgan fingerprint density at radius 2 is 2.33 bits per heavy atom. The van der Waals surface area contributed by atoms with Gasteiger partial charge in [0, 0.05) is 18.4 Å². The minimum absolute atomic E-state index is 0.114.